The molecule has 0 radical (unpaired) electrons. The first-order chi connectivity index (χ1) is 14.9. The second-order valence-corrected chi connectivity index (χ2v) is 7.79. The number of carbonyl (C=O) groups excluding carboxylic acids is 1. The molecule has 1 aromatic heterocycles. The number of rotatable bonds is 7. The Labute approximate surface area is 181 Å². The van der Waals surface area contributed by atoms with Crippen molar-refractivity contribution >= 4 is 28.1 Å². The van der Waals surface area contributed by atoms with Crippen molar-refractivity contribution in [3.8, 4) is 11.5 Å². The van der Waals surface area contributed by atoms with E-state index >= 15 is 0 Å². The van der Waals surface area contributed by atoms with Crippen LogP contribution in [-0.4, -0.2) is 42.1 Å². The summed E-state index contributed by atoms with van der Waals surface area (Å²) in [7, 11) is 3.21. The van der Waals surface area contributed by atoms with E-state index in [-0.39, 0.29) is 5.78 Å². The maximum atomic E-state index is 13.7. The quantitative estimate of drug-likeness (QED) is 0.567. The van der Waals surface area contributed by atoms with Gasteiger partial charge in [0.15, 0.2) is 5.78 Å². The predicted molar refractivity (Wildman–Crippen MR) is 122 cm³/mol. The van der Waals surface area contributed by atoms with E-state index in [4.69, 9.17) is 9.47 Å². The minimum absolute atomic E-state index is 0.0418. The van der Waals surface area contributed by atoms with Crippen molar-refractivity contribution in [1.82, 2.24) is 15.3 Å². The summed E-state index contributed by atoms with van der Waals surface area (Å²) in [5.41, 5.74) is 2.09. The lowest BCUT2D eigenvalue weighted by Crippen LogP contribution is -2.46. The van der Waals surface area contributed by atoms with Gasteiger partial charge >= 0.3 is 0 Å². The Morgan fingerprint density at radius 1 is 1.16 bits per heavy atom. The Kier molecular flexibility index (Phi) is 5.19. The highest BCUT2D eigenvalue weighted by atomic mass is 16.5. The third kappa shape index (κ3) is 3.42. The number of benzene rings is 2. The fourth-order valence-electron chi connectivity index (χ4n) is 3.91. The number of Topliss-reactive ketones (excluding diaryl/α,β-unsaturated/α-hetero) is 1. The normalized spacial score (nSPS) is 15.5. The molecule has 31 heavy (non-hydrogen) atoms. The van der Waals surface area contributed by atoms with Crippen LogP contribution < -0.4 is 19.7 Å². The van der Waals surface area contributed by atoms with Crippen LogP contribution in [0.25, 0.3) is 16.6 Å². The summed E-state index contributed by atoms with van der Waals surface area (Å²) in [5.74, 6) is 2.42. The number of methoxy groups -OCH3 is 2. The second-order valence-electron chi connectivity index (χ2n) is 7.79. The van der Waals surface area contributed by atoms with Crippen molar-refractivity contribution in [2.45, 2.75) is 19.4 Å². The van der Waals surface area contributed by atoms with E-state index in [0.717, 1.165) is 16.7 Å². The molecule has 7 heteroatoms. The lowest BCUT2D eigenvalue weighted by molar-refractivity contribution is -0.116. The molecule has 0 atom stereocenters. The number of aromatic amines is 1. The van der Waals surface area contributed by atoms with Crippen LogP contribution >= 0.6 is 0 Å². The molecule has 0 aliphatic carbocycles. The zero-order chi connectivity index (χ0) is 22.2. The zero-order valence-corrected chi connectivity index (χ0v) is 18.2. The molecule has 2 N–H and O–H groups in total. The van der Waals surface area contributed by atoms with Crippen molar-refractivity contribution in [1.29, 1.82) is 0 Å². The summed E-state index contributed by atoms with van der Waals surface area (Å²) in [4.78, 5) is 23.6. The molecule has 2 heterocycles. The molecule has 0 unspecified atom stereocenters. The van der Waals surface area contributed by atoms with Gasteiger partial charge in [-0.2, -0.15) is 0 Å². The van der Waals surface area contributed by atoms with Gasteiger partial charge in [0.05, 0.1) is 30.9 Å². The number of anilines is 1. The van der Waals surface area contributed by atoms with Gasteiger partial charge < -0.3 is 24.7 Å². The number of imidazole rings is 1. The largest absolute Gasteiger partial charge is 0.497 e. The van der Waals surface area contributed by atoms with Gasteiger partial charge in [-0.15, -0.1) is 6.58 Å². The average Bonchev–Trinajstić information content (AvgIpc) is 3.28. The standard InChI is InChI=1S/C24H26N4O3/c1-6-11-25-23-20(22-26-18-9-7-8-10-19(18)27-22)21(29)24(2,3)28(23)15-12-16(30-4)14-17(13-15)31-5/h6-10,12-14,25H,1,11H2,2-5H3,(H,26,27). The van der Waals surface area contributed by atoms with Crippen LogP contribution in [0.5, 0.6) is 11.5 Å². The van der Waals surface area contributed by atoms with Crippen LogP contribution in [0.15, 0.2) is 60.9 Å². The van der Waals surface area contributed by atoms with Crippen LogP contribution in [0, 0.1) is 0 Å². The molecule has 7 nitrogen and oxygen atoms in total. The third-order valence-electron chi connectivity index (χ3n) is 5.44. The van der Waals surface area contributed by atoms with Crippen LogP contribution in [0.1, 0.15) is 19.7 Å². The van der Waals surface area contributed by atoms with E-state index < -0.39 is 5.54 Å². The third-order valence-corrected chi connectivity index (χ3v) is 5.44. The lowest BCUT2D eigenvalue weighted by Gasteiger charge is -2.35. The number of hydrogen-bond acceptors (Lipinski definition) is 6. The number of nitrogens with one attached hydrogen (secondary N) is 2. The molecule has 0 amide bonds. The number of hydrogen-bond donors (Lipinski definition) is 2. The number of nitrogens with zero attached hydrogens (tertiary/aromatic N) is 2. The number of ketones is 1. The topological polar surface area (TPSA) is 79.5 Å². The number of aromatic nitrogens is 2. The van der Waals surface area contributed by atoms with E-state index in [2.05, 4.69) is 21.9 Å². The second kappa shape index (κ2) is 7.83. The van der Waals surface area contributed by atoms with E-state index in [0.29, 0.717) is 35.3 Å². The minimum Gasteiger partial charge on any atom is -0.497 e. The van der Waals surface area contributed by atoms with Gasteiger partial charge in [0.1, 0.15) is 34.3 Å². The summed E-state index contributed by atoms with van der Waals surface area (Å²) in [5, 5.41) is 3.36. The Hall–Kier alpha value is -3.74. The van der Waals surface area contributed by atoms with Crippen molar-refractivity contribution < 1.29 is 14.3 Å². The van der Waals surface area contributed by atoms with Gasteiger partial charge in [-0.1, -0.05) is 18.2 Å². The van der Waals surface area contributed by atoms with Crippen LogP contribution in [0.2, 0.25) is 0 Å². The van der Waals surface area contributed by atoms with Crippen molar-refractivity contribution in [3.05, 3.63) is 66.8 Å². The maximum absolute atomic E-state index is 13.7. The molecule has 160 valence electrons. The highest BCUT2D eigenvalue weighted by Gasteiger charge is 2.48. The first-order valence-electron chi connectivity index (χ1n) is 10.0. The van der Waals surface area contributed by atoms with Crippen molar-refractivity contribution in [2.75, 3.05) is 25.7 Å². The molecule has 0 bridgehead atoms. The molecule has 1 aliphatic rings. The first-order valence-corrected chi connectivity index (χ1v) is 10.0. The van der Waals surface area contributed by atoms with Crippen molar-refractivity contribution in [3.63, 3.8) is 0 Å². The first kappa shape index (κ1) is 20.5. The molecule has 4 rings (SSSR count). The molecule has 1 aliphatic heterocycles. The number of ether oxygens (including phenoxy) is 2. The number of H-pyrrole nitrogens is 1. The molecular formula is C24H26N4O3. The Bertz CT molecular complexity index is 1140. The molecule has 3 aromatic rings. The zero-order valence-electron chi connectivity index (χ0n) is 18.2. The monoisotopic (exact) mass is 418 g/mol. The van der Waals surface area contributed by atoms with Gasteiger partial charge in [-0.25, -0.2) is 4.98 Å². The highest BCUT2D eigenvalue weighted by molar-refractivity contribution is 6.29. The van der Waals surface area contributed by atoms with Gasteiger partial charge in [-0.05, 0) is 26.0 Å². The lowest BCUT2D eigenvalue weighted by atomic mass is 9.95. The summed E-state index contributed by atoms with van der Waals surface area (Å²) in [6, 6.07) is 13.3. The van der Waals surface area contributed by atoms with E-state index in [1.165, 1.54) is 0 Å². The molecule has 2 aromatic carbocycles. The smallest absolute Gasteiger partial charge is 0.195 e. The molecule has 0 fully saturated rings. The average molecular weight is 418 g/mol. The highest BCUT2D eigenvalue weighted by Crippen LogP contribution is 2.43. The van der Waals surface area contributed by atoms with Gasteiger partial charge in [0.25, 0.3) is 0 Å². The SMILES string of the molecule is C=CCNC1=C(c2nc3ccccc3[nH]2)C(=O)C(C)(C)N1c1cc(OC)cc(OC)c1. The number of para-hydroxylation sites is 2. The fraction of sp³-hybridized carbons (Fsp3) is 0.250. The molecule has 0 saturated heterocycles. The molecule has 0 spiro atoms. The van der Waals surface area contributed by atoms with E-state index in [1.54, 1.807) is 26.4 Å². The number of fused-ring (bicyclic) bond motifs is 1. The van der Waals surface area contributed by atoms with E-state index in [1.807, 2.05) is 55.1 Å². The summed E-state index contributed by atoms with van der Waals surface area (Å²) >= 11 is 0. The maximum Gasteiger partial charge on any atom is 0.195 e. The van der Waals surface area contributed by atoms with Gasteiger partial charge in [-0.3, -0.25) is 4.79 Å². The van der Waals surface area contributed by atoms with Crippen LogP contribution in [0.3, 0.4) is 0 Å². The Morgan fingerprint density at radius 2 is 1.84 bits per heavy atom. The van der Waals surface area contributed by atoms with Crippen LogP contribution in [-0.2, 0) is 4.79 Å². The van der Waals surface area contributed by atoms with Crippen molar-refractivity contribution in [2.24, 2.45) is 0 Å². The Morgan fingerprint density at radius 3 is 2.45 bits per heavy atom. The molecular weight excluding hydrogens is 392 g/mol. The Balaban J connectivity index is 1.94. The minimum atomic E-state index is -0.866. The fourth-order valence-corrected chi connectivity index (χ4v) is 3.91. The predicted octanol–water partition coefficient (Wildman–Crippen LogP) is 3.89. The summed E-state index contributed by atoms with van der Waals surface area (Å²) < 4.78 is 10.9. The van der Waals surface area contributed by atoms with Gasteiger partial charge in [0.2, 0.25) is 0 Å². The van der Waals surface area contributed by atoms with E-state index in [9.17, 15) is 4.79 Å². The summed E-state index contributed by atoms with van der Waals surface area (Å²) in [6.45, 7) is 8.09. The van der Waals surface area contributed by atoms with Crippen LogP contribution in [0.4, 0.5) is 5.69 Å². The number of carbonyl (C=O) groups is 1. The van der Waals surface area contributed by atoms with Gasteiger partial charge in [0, 0.05) is 24.7 Å². The summed E-state index contributed by atoms with van der Waals surface area (Å²) in [6.07, 6.45) is 1.75. The molecule has 0 saturated carbocycles.